The maximum absolute atomic E-state index is 6.03. The van der Waals surface area contributed by atoms with Gasteiger partial charge >= 0.3 is 0 Å². The molecule has 4 saturated carbocycles. The Morgan fingerprint density at radius 1 is 1.10 bits per heavy atom. The topological polar surface area (TPSA) is 38.0 Å². The Balaban J connectivity index is 1.87. The number of hydrogen-bond acceptors (Lipinski definition) is 2. The van der Waals surface area contributed by atoms with Crippen molar-refractivity contribution in [2.24, 2.45) is 33.9 Å². The molecule has 116 valence electrons. The molecular formula is C18H34N2. The molecule has 0 radical (unpaired) electrons. The Kier molecular flexibility index (Phi) is 3.49. The minimum absolute atomic E-state index is 0.487. The lowest BCUT2D eigenvalue weighted by Gasteiger charge is -2.67. The molecule has 0 aromatic carbocycles. The van der Waals surface area contributed by atoms with Crippen LogP contribution in [-0.2, 0) is 0 Å². The normalized spacial score (nSPS) is 49.4. The van der Waals surface area contributed by atoms with Crippen molar-refractivity contribution >= 4 is 0 Å². The Bertz CT molecular complexity index is 360. The SMILES string of the molecule is CCC(C)CC(NN)C12CC3CC(C)(CC(C)(C3)C1)C2. The van der Waals surface area contributed by atoms with Crippen LogP contribution in [0.3, 0.4) is 0 Å². The fourth-order valence-corrected chi connectivity index (χ4v) is 6.99. The molecule has 0 aromatic rings. The summed E-state index contributed by atoms with van der Waals surface area (Å²) in [6, 6.07) is 0.527. The molecule has 4 unspecified atom stereocenters. The van der Waals surface area contributed by atoms with Crippen molar-refractivity contribution in [2.45, 2.75) is 85.1 Å². The van der Waals surface area contributed by atoms with Crippen LogP contribution in [0.1, 0.15) is 79.1 Å². The van der Waals surface area contributed by atoms with Crippen LogP contribution in [0, 0.1) is 28.1 Å². The van der Waals surface area contributed by atoms with Crippen LogP contribution in [0.4, 0.5) is 0 Å². The second-order valence-electron chi connectivity index (χ2n) is 9.46. The van der Waals surface area contributed by atoms with Crippen LogP contribution < -0.4 is 11.3 Å². The van der Waals surface area contributed by atoms with Crippen LogP contribution in [0.5, 0.6) is 0 Å². The van der Waals surface area contributed by atoms with Crippen molar-refractivity contribution in [1.29, 1.82) is 0 Å². The zero-order chi connectivity index (χ0) is 14.6. The summed E-state index contributed by atoms with van der Waals surface area (Å²) in [5, 5.41) is 0. The number of nitrogens with two attached hydrogens (primary N) is 1. The molecule has 4 bridgehead atoms. The van der Waals surface area contributed by atoms with Crippen molar-refractivity contribution in [3.8, 4) is 0 Å². The molecule has 0 amide bonds. The van der Waals surface area contributed by atoms with Gasteiger partial charge in [0.05, 0.1) is 0 Å². The summed E-state index contributed by atoms with van der Waals surface area (Å²) in [5.41, 5.74) is 4.94. The number of nitrogens with one attached hydrogen (secondary N) is 1. The highest BCUT2D eigenvalue weighted by atomic mass is 15.2. The second-order valence-corrected chi connectivity index (χ2v) is 9.46. The smallest absolute Gasteiger partial charge is 0.0269 e. The van der Waals surface area contributed by atoms with E-state index in [0.717, 1.165) is 11.8 Å². The van der Waals surface area contributed by atoms with E-state index in [1.807, 2.05) is 0 Å². The van der Waals surface area contributed by atoms with E-state index in [0.29, 0.717) is 22.3 Å². The fraction of sp³-hybridized carbons (Fsp3) is 1.00. The molecule has 4 atom stereocenters. The van der Waals surface area contributed by atoms with Gasteiger partial charge in [-0.25, -0.2) is 0 Å². The maximum atomic E-state index is 6.03. The molecule has 3 N–H and O–H groups in total. The second kappa shape index (κ2) is 4.71. The lowest BCUT2D eigenvalue weighted by Crippen LogP contribution is -2.62. The van der Waals surface area contributed by atoms with Gasteiger partial charge in [-0.05, 0) is 73.0 Å². The highest BCUT2D eigenvalue weighted by molar-refractivity contribution is 5.13. The quantitative estimate of drug-likeness (QED) is 0.583. The van der Waals surface area contributed by atoms with Gasteiger partial charge in [-0.1, -0.05) is 34.1 Å². The highest BCUT2D eigenvalue weighted by Crippen LogP contribution is 2.70. The van der Waals surface area contributed by atoms with E-state index in [4.69, 9.17) is 5.84 Å². The zero-order valence-electron chi connectivity index (χ0n) is 14.0. The van der Waals surface area contributed by atoms with E-state index >= 15 is 0 Å². The molecule has 4 aliphatic rings. The predicted octanol–water partition coefficient (Wildman–Crippen LogP) is 4.25. The van der Waals surface area contributed by atoms with Gasteiger partial charge in [-0.15, -0.1) is 0 Å². The molecule has 0 spiro atoms. The molecule has 0 aliphatic heterocycles. The summed E-state index contributed by atoms with van der Waals surface area (Å²) < 4.78 is 0. The van der Waals surface area contributed by atoms with Crippen molar-refractivity contribution < 1.29 is 0 Å². The Morgan fingerprint density at radius 3 is 2.15 bits per heavy atom. The van der Waals surface area contributed by atoms with Crippen molar-refractivity contribution in [3.63, 3.8) is 0 Å². The van der Waals surface area contributed by atoms with E-state index in [-0.39, 0.29) is 0 Å². The number of hydrogen-bond donors (Lipinski definition) is 2. The molecule has 4 aliphatic carbocycles. The molecule has 2 heteroatoms. The molecule has 4 rings (SSSR count). The molecule has 0 aromatic heterocycles. The third-order valence-corrected chi connectivity index (χ3v) is 6.94. The van der Waals surface area contributed by atoms with E-state index in [2.05, 4.69) is 33.1 Å². The van der Waals surface area contributed by atoms with E-state index in [1.54, 1.807) is 0 Å². The summed E-state index contributed by atoms with van der Waals surface area (Å²) in [6.45, 7) is 9.80. The summed E-state index contributed by atoms with van der Waals surface area (Å²) in [6.07, 6.45) is 11.2. The number of hydrazine groups is 1. The van der Waals surface area contributed by atoms with Gasteiger partial charge in [0.1, 0.15) is 0 Å². The molecule has 2 nitrogen and oxygen atoms in total. The van der Waals surface area contributed by atoms with E-state index in [9.17, 15) is 0 Å². The molecule has 0 heterocycles. The lowest BCUT2D eigenvalue weighted by molar-refractivity contribution is -0.159. The van der Waals surface area contributed by atoms with Crippen LogP contribution in [0.2, 0.25) is 0 Å². The average molecular weight is 278 g/mol. The lowest BCUT2D eigenvalue weighted by atomic mass is 9.39. The molecule has 4 fully saturated rings. The first-order valence-electron chi connectivity index (χ1n) is 8.78. The Hall–Kier alpha value is -0.0800. The summed E-state index contributed by atoms with van der Waals surface area (Å²) in [5.74, 6) is 7.78. The molecular weight excluding hydrogens is 244 g/mol. The third kappa shape index (κ3) is 2.33. The van der Waals surface area contributed by atoms with Gasteiger partial charge in [0.15, 0.2) is 0 Å². The average Bonchev–Trinajstić information content (AvgIpc) is 2.30. The first-order chi connectivity index (χ1) is 9.32. The van der Waals surface area contributed by atoms with Crippen molar-refractivity contribution in [3.05, 3.63) is 0 Å². The van der Waals surface area contributed by atoms with Gasteiger partial charge < -0.3 is 0 Å². The monoisotopic (exact) mass is 278 g/mol. The molecule has 0 saturated heterocycles. The van der Waals surface area contributed by atoms with Crippen LogP contribution in [-0.4, -0.2) is 6.04 Å². The number of rotatable bonds is 5. The zero-order valence-corrected chi connectivity index (χ0v) is 14.0. The minimum Gasteiger partial charge on any atom is -0.271 e. The minimum atomic E-state index is 0.487. The van der Waals surface area contributed by atoms with Gasteiger partial charge in [0.25, 0.3) is 0 Å². The Labute approximate surface area is 125 Å². The first-order valence-corrected chi connectivity index (χ1v) is 8.78. The third-order valence-electron chi connectivity index (χ3n) is 6.94. The van der Waals surface area contributed by atoms with Gasteiger partial charge in [-0.2, -0.15) is 0 Å². The van der Waals surface area contributed by atoms with Crippen molar-refractivity contribution in [1.82, 2.24) is 5.43 Å². The van der Waals surface area contributed by atoms with Gasteiger partial charge in [-0.3, -0.25) is 11.3 Å². The Morgan fingerprint density at radius 2 is 1.70 bits per heavy atom. The molecule has 20 heavy (non-hydrogen) atoms. The largest absolute Gasteiger partial charge is 0.271 e. The van der Waals surface area contributed by atoms with Gasteiger partial charge in [0.2, 0.25) is 0 Å². The van der Waals surface area contributed by atoms with E-state index in [1.165, 1.54) is 51.4 Å². The highest BCUT2D eigenvalue weighted by Gasteiger charge is 2.61. The summed E-state index contributed by atoms with van der Waals surface area (Å²) in [7, 11) is 0. The van der Waals surface area contributed by atoms with Crippen LogP contribution in [0.15, 0.2) is 0 Å². The van der Waals surface area contributed by atoms with Gasteiger partial charge in [0, 0.05) is 6.04 Å². The summed E-state index contributed by atoms with van der Waals surface area (Å²) >= 11 is 0. The van der Waals surface area contributed by atoms with E-state index < -0.39 is 0 Å². The van der Waals surface area contributed by atoms with Crippen LogP contribution >= 0.6 is 0 Å². The standard InChI is InChI=1S/C18H34N2/c1-5-13(2)6-15(20-19)18-9-14-7-16(3,11-18)10-17(4,8-14)12-18/h13-15,20H,5-12,19H2,1-4H3. The van der Waals surface area contributed by atoms with Crippen LogP contribution in [0.25, 0.3) is 0 Å². The first kappa shape index (κ1) is 14.8. The van der Waals surface area contributed by atoms with Crippen molar-refractivity contribution in [2.75, 3.05) is 0 Å². The fourth-order valence-electron chi connectivity index (χ4n) is 6.99. The maximum Gasteiger partial charge on any atom is 0.0269 e. The predicted molar refractivity (Wildman–Crippen MR) is 85.0 cm³/mol. The summed E-state index contributed by atoms with van der Waals surface area (Å²) in [4.78, 5) is 0.